The molecule has 1 aliphatic carbocycles. The second-order valence-electron chi connectivity index (χ2n) is 5.74. The fourth-order valence-corrected chi connectivity index (χ4v) is 2.57. The van der Waals surface area contributed by atoms with Crippen molar-refractivity contribution < 1.29 is 14.3 Å². The summed E-state index contributed by atoms with van der Waals surface area (Å²) >= 11 is 0. The highest BCUT2D eigenvalue weighted by atomic mass is 16.6. The van der Waals surface area contributed by atoms with Crippen molar-refractivity contribution >= 4 is 11.7 Å². The summed E-state index contributed by atoms with van der Waals surface area (Å²) in [6, 6.07) is 7.03. The van der Waals surface area contributed by atoms with E-state index in [9.17, 15) is 4.79 Å². The molecule has 0 heterocycles. The predicted molar refractivity (Wildman–Crippen MR) is 78.4 cm³/mol. The standard InChI is InChI=1S/C16H23NO3/c1-11-6-7-15(8-12(11)2)20-16(18)10-19-14-5-3-4-13(17)9-14/h3-5,9,11-12,15H,6-8,10,17H2,1-2H3. The van der Waals surface area contributed by atoms with Gasteiger partial charge in [-0.1, -0.05) is 19.9 Å². The van der Waals surface area contributed by atoms with Gasteiger partial charge in [0.1, 0.15) is 11.9 Å². The van der Waals surface area contributed by atoms with Crippen LogP contribution in [0.2, 0.25) is 0 Å². The molecule has 3 unspecified atom stereocenters. The Morgan fingerprint density at radius 1 is 1.30 bits per heavy atom. The first kappa shape index (κ1) is 14.7. The number of hydrogen-bond acceptors (Lipinski definition) is 4. The molecule has 1 aliphatic rings. The average Bonchev–Trinajstić information content (AvgIpc) is 2.41. The highest BCUT2D eigenvalue weighted by Crippen LogP contribution is 2.30. The van der Waals surface area contributed by atoms with E-state index in [1.807, 2.05) is 0 Å². The first-order valence-electron chi connectivity index (χ1n) is 7.22. The van der Waals surface area contributed by atoms with Crippen LogP contribution >= 0.6 is 0 Å². The lowest BCUT2D eigenvalue weighted by atomic mass is 9.80. The molecule has 0 bridgehead atoms. The summed E-state index contributed by atoms with van der Waals surface area (Å²) in [6.07, 6.45) is 3.06. The first-order chi connectivity index (χ1) is 9.54. The Hall–Kier alpha value is -1.71. The van der Waals surface area contributed by atoms with Crippen molar-refractivity contribution in [3.63, 3.8) is 0 Å². The average molecular weight is 277 g/mol. The van der Waals surface area contributed by atoms with E-state index in [-0.39, 0.29) is 18.7 Å². The maximum absolute atomic E-state index is 11.8. The largest absolute Gasteiger partial charge is 0.482 e. The zero-order chi connectivity index (χ0) is 14.5. The third-order valence-corrected chi connectivity index (χ3v) is 4.06. The molecule has 0 radical (unpaired) electrons. The number of ether oxygens (including phenoxy) is 2. The fourth-order valence-electron chi connectivity index (χ4n) is 2.57. The van der Waals surface area contributed by atoms with E-state index in [4.69, 9.17) is 15.2 Å². The van der Waals surface area contributed by atoms with Crippen molar-refractivity contribution in [2.24, 2.45) is 11.8 Å². The molecule has 0 aliphatic heterocycles. The highest BCUT2D eigenvalue weighted by Gasteiger charge is 2.27. The molecule has 2 rings (SSSR count). The first-order valence-corrected chi connectivity index (χ1v) is 7.22. The molecular weight excluding hydrogens is 254 g/mol. The Bertz CT molecular complexity index is 461. The van der Waals surface area contributed by atoms with E-state index in [0.29, 0.717) is 23.3 Å². The number of esters is 1. The summed E-state index contributed by atoms with van der Waals surface area (Å²) in [5.41, 5.74) is 6.26. The summed E-state index contributed by atoms with van der Waals surface area (Å²) in [5, 5.41) is 0. The lowest BCUT2D eigenvalue weighted by Gasteiger charge is -2.31. The number of hydrogen-bond donors (Lipinski definition) is 1. The van der Waals surface area contributed by atoms with Crippen LogP contribution in [0.4, 0.5) is 5.69 Å². The Morgan fingerprint density at radius 3 is 2.80 bits per heavy atom. The maximum Gasteiger partial charge on any atom is 0.344 e. The molecule has 1 aromatic rings. The zero-order valence-corrected chi connectivity index (χ0v) is 12.2. The number of nitrogens with two attached hydrogens (primary N) is 1. The smallest absolute Gasteiger partial charge is 0.344 e. The van der Waals surface area contributed by atoms with Gasteiger partial charge in [0.15, 0.2) is 6.61 Å². The summed E-state index contributed by atoms with van der Waals surface area (Å²) < 4.78 is 10.9. The molecule has 4 nitrogen and oxygen atoms in total. The van der Waals surface area contributed by atoms with E-state index in [2.05, 4.69) is 13.8 Å². The second-order valence-corrected chi connectivity index (χ2v) is 5.74. The lowest BCUT2D eigenvalue weighted by Crippen LogP contribution is -2.30. The van der Waals surface area contributed by atoms with Crippen LogP contribution < -0.4 is 10.5 Å². The Balaban J connectivity index is 1.75. The van der Waals surface area contributed by atoms with E-state index in [1.54, 1.807) is 24.3 Å². The van der Waals surface area contributed by atoms with E-state index in [0.717, 1.165) is 19.3 Å². The number of anilines is 1. The van der Waals surface area contributed by atoms with Gasteiger partial charge in [0, 0.05) is 11.8 Å². The number of rotatable bonds is 4. The van der Waals surface area contributed by atoms with Crippen LogP contribution in [-0.4, -0.2) is 18.7 Å². The molecule has 4 heteroatoms. The number of carbonyl (C=O) groups excluding carboxylic acids is 1. The van der Waals surface area contributed by atoms with Crippen molar-refractivity contribution in [3.05, 3.63) is 24.3 Å². The second kappa shape index (κ2) is 6.64. The molecule has 3 atom stereocenters. The van der Waals surface area contributed by atoms with Crippen LogP contribution in [0.1, 0.15) is 33.1 Å². The molecule has 1 saturated carbocycles. The molecule has 0 amide bonds. The molecule has 2 N–H and O–H groups in total. The number of benzene rings is 1. The normalized spacial score (nSPS) is 26.0. The third kappa shape index (κ3) is 4.15. The van der Waals surface area contributed by atoms with Gasteiger partial charge >= 0.3 is 5.97 Å². The Kier molecular flexibility index (Phi) is 4.88. The minimum Gasteiger partial charge on any atom is -0.482 e. The van der Waals surface area contributed by atoms with Crippen molar-refractivity contribution in [1.29, 1.82) is 0 Å². The van der Waals surface area contributed by atoms with Gasteiger partial charge in [-0.25, -0.2) is 4.79 Å². The monoisotopic (exact) mass is 277 g/mol. The minimum absolute atomic E-state index is 0.0399. The fraction of sp³-hybridized carbons (Fsp3) is 0.562. The van der Waals surface area contributed by atoms with Gasteiger partial charge in [0.2, 0.25) is 0 Å². The molecule has 0 spiro atoms. The Morgan fingerprint density at radius 2 is 2.10 bits per heavy atom. The van der Waals surface area contributed by atoms with Crippen LogP contribution in [0.5, 0.6) is 5.75 Å². The summed E-state index contributed by atoms with van der Waals surface area (Å²) in [4.78, 5) is 11.8. The molecule has 0 saturated heterocycles. The van der Waals surface area contributed by atoms with Gasteiger partial charge in [0.25, 0.3) is 0 Å². The van der Waals surface area contributed by atoms with Gasteiger partial charge in [-0.05, 0) is 43.2 Å². The van der Waals surface area contributed by atoms with E-state index in [1.165, 1.54) is 0 Å². The maximum atomic E-state index is 11.8. The Labute approximate surface area is 120 Å². The molecule has 0 aromatic heterocycles. The quantitative estimate of drug-likeness (QED) is 0.679. The van der Waals surface area contributed by atoms with E-state index >= 15 is 0 Å². The van der Waals surface area contributed by atoms with Gasteiger partial charge < -0.3 is 15.2 Å². The van der Waals surface area contributed by atoms with Crippen LogP contribution in [0.25, 0.3) is 0 Å². The van der Waals surface area contributed by atoms with Crippen LogP contribution in [-0.2, 0) is 9.53 Å². The molecule has 110 valence electrons. The molecule has 20 heavy (non-hydrogen) atoms. The number of carbonyl (C=O) groups is 1. The highest BCUT2D eigenvalue weighted by molar-refractivity contribution is 5.71. The van der Waals surface area contributed by atoms with E-state index < -0.39 is 0 Å². The molecule has 1 aromatic carbocycles. The molecule has 1 fully saturated rings. The van der Waals surface area contributed by atoms with Gasteiger partial charge in [-0.3, -0.25) is 0 Å². The van der Waals surface area contributed by atoms with Crippen LogP contribution in [0.15, 0.2) is 24.3 Å². The topological polar surface area (TPSA) is 61.5 Å². The van der Waals surface area contributed by atoms with Gasteiger partial charge in [-0.2, -0.15) is 0 Å². The number of nitrogen functional groups attached to an aromatic ring is 1. The summed E-state index contributed by atoms with van der Waals surface area (Å²) in [6.45, 7) is 4.41. The lowest BCUT2D eigenvalue weighted by molar-refractivity contribution is -0.154. The minimum atomic E-state index is -0.306. The van der Waals surface area contributed by atoms with Crippen LogP contribution in [0, 0.1) is 11.8 Å². The summed E-state index contributed by atoms with van der Waals surface area (Å²) in [5.74, 6) is 1.61. The zero-order valence-electron chi connectivity index (χ0n) is 12.2. The summed E-state index contributed by atoms with van der Waals surface area (Å²) in [7, 11) is 0. The van der Waals surface area contributed by atoms with Gasteiger partial charge in [0.05, 0.1) is 0 Å². The van der Waals surface area contributed by atoms with Crippen LogP contribution in [0.3, 0.4) is 0 Å². The van der Waals surface area contributed by atoms with Crippen molar-refractivity contribution in [2.75, 3.05) is 12.3 Å². The van der Waals surface area contributed by atoms with Crippen molar-refractivity contribution in [2.45, 2.75) is 39.2 Å². The van der Waals surface area contributed by atoms with Gasteiger partial charge in [-0.15, -0.1) is 0 Å². The predicted octanol–water partition coefficient (Wildman–Crippen LogP) is 3.02. The van der Waals surface area contributed by atoms with Crippen molar-refractivity contribution in [1.82, 2.24) is 0 Å². The van der Waals surface area contributed by atoms with Crippen molar-refractivity contribution in [3.8, 4) is 5.75 Å². The third-order valence-electron chi connectivity index (χ3n) is 4.06. The SMILES string of the molecule is CC1CCC(OC(=O)COc2cccc(N)c2)CC1C. The molecular formula is C16H23NO3.